The molecule has 0 fully saturated rings. The number of ether oxygens (including phenoxy) is 1. The van der Waals surface area contributed by atoms with E-state index in [0.717, 1.165) is 27.6 Å². The zero-order valence-electron chi connectivity index (χ0n) is 12.9. The van der Waals surface area contributed by atoms with Crippen molar-refractivity contribution in [2.45, 2.75) is 18.7 Å². The first-order valence-electron chi connectivity index (χ1n) is 6.91. The van der Waals surface area contributed by atoms with Gasteiger partial charge >= 0.3 is 5.97 Å². The molecule has 8 heteroatoms. The quantitative estimate of drug-likeness (QED) is 0.422. The zero-order chi connectivity index (χ0) is 17.7. The number of nitrogens with one attached hydrogen (secondary N) is 1. The van der Waals surface area contributed by atoms with Crippen LogP contribution in [0, 0.1) is 17.6 Å². The summed E-state index contributed by atoms with van der Waals surface area (Å²) in [5, 5.41) is 14.2. The molecule has 0 aliphatic carbocycles. The normalized spacial score (nSPS) is 10.1. The van der Waals surface area contributed by atoms with Crippen LogP contribution in [0.25, 0.3) is 0 Å². The van der Waals surface area contributed by atoms with Gasteiger partial charge in [-0.1, -0.05) is 15.9 Å². The van der Waals surface area contributed by atoms with Crippen LogP contribution in [0.4, 0.5) is 5.00 Å². The molecule has 0 aliphatic rings. The van der Waals surface area contributed by atoms with Gasteiger partial charge in [0.15, 0.2) is 0 Å². The summed E-state index contributed by atoms with van der Waals surface area (Å²) in [4.78, 5) is 25.3. The molecule has 0 aliphatic heterocycles. The molecule has 1 heterocycles. The maximum Gasteiger partial charge on any atom is 0.348 e. The molecule has 1 aromatic heterocycles. The van der Waals surface area contributed by atoms with Crippen molar-refractivity contribution in [1.29, 1.82) is 5.26 Å². The molecule has 0 bridgehead atoms. The number of carbonyl (C=O) groups is 2. The van der Waals surface area contributed by atoms with Gasteiger partial charge in [0.2, 0.25) is 0 Å². The number of halogens is 1. The Hall–Kier alpha value is -1.82. The number of thiocyanates is 1. The maximum absolute atomic E-state index is 12.4. The molecule has 0 radical (unpaired) electrons. The van der Waals surface area contributed by atoms with Crippen molar-refractivity contribution in [2.75, 3.05) is 11.9 Å². The Bertz CT molecular complexity index is 810. The number of esters is 1. The Morgan fingerprint density at radius 2 is 2.04 bits per heavy atom. The minimum absolute atomic E-state index is 0.261. The van der Waals surface area contributed by atoms with E-state index in [1.807, 2.05) is 5.40 Å². The largest absolute Gasteiger partial charge is 0.462 e. The minimum Gasteiger partial charge on any atom is -0.462 e. The summed E-state index contributed by atoms with van der Waals surface area (Å²) < 4.78 is 5.89. The highest BCUT2D eigenvalue weighted by Gasteiger charge is 2.23. The fraction of sp³-hybridized carbons (Fsp3) is 0.188. The number of thiophene rings is 1. The van der Waals surface area contributed by atoms with Gasteiger partial charge in [-0.25, -0.2) is 4.79 Å². The van der Waals surface area contributed by atoms with Crippen LogP contribution in [0.3, 0.4) is 0 Å². The van der Waals surface area contributed by atoms with Crippen molar-refractivity contribution < 1.29 is 14.3 Å². The lowest BCUT2D eigenvalue weighted by molar-refractivity contribution is 0.0531. The summed E-state index contributed by atoms with van der Waals surface area (Å²) in [6.45, 7) is 3.72. The number of benzene rings is 1. The van der Waals surface area contributed by atoms with Crippen LogP contribution in [0.15, 0.2) is 33.6 Å². The number of nitriles is 1. The van der Waals surface area contributed by atoms with E-state index in [9.17, 15) is 9.59 Å². The Labute approximate surface area is 156 Å². The topological polar surface area (TPSA) is 79.2 Å². The van der Waals surface area contributed by atoms with Gasteiger partial charge < -0.3 is 10.1 Å². The van der Waals surface area contributed by atoms with E-state index in [-0.39, 0.29) is 12.5 Å². The molecule has 124 valence electrons. The maximum atomic E-state index is 12.4. The standard InChI is InChI=1S/C16H13BrN2O3S2/c1-3-22-16(21)13-9(2)12(23-8-18)15(24-13)19-14(20)10-4-6-11(17)7-5-10/h4-7H,3H2,1-2H3,(H,19,20). The van der Waals surface area contributed by atoms with Gasteiger partial charge in [-0.15, -0.1) is 11.3 Å². The number of nitrogens with zero attached hydrogens (tertiary/aromatic N) is 1. The van der Waals surface area contributed by atoms with Crippen LogP contribution in [0.1, 0.15) is 32.5 Å². The summed E-state index contributed by atoms with van der Waals surface area (Å²) in [5.41, 5.74) is 1.12. The molecule has 24 heavy (non-hydrogen) atoms. The van der Waals surface area contributed by atoms with Crippen molar-refractivity contribution in [3.05, 3.63) is 44.7 Å². The van der Waals surface area contributed by atoms with E-state index in [4.69, 9.17) is 10.00 Å². The van der Waals surface area contributed by atoms with Crippen molar-refractivity contribution in [3.63, 3.8) is 0 Å². The zero-order valence-corrected chi connectivity index (χ0v) is 16.1. The van der Waals surface area contributed by atoms with Gasteiger partial charge in [-0.3, -0.25) is 4.79 Å². The Kier molecular flexibility index (Phi) is 6.43. The number of amides is 1. The third kappa shape index (κ3) is 4.17. The molecule has 0 spiro atoms. The second-order valence-electron chi connectivity index (χ2n) is 4.59. The lowest BCUT2D eigenvalue weighted by Crippen LogP contribution is -2.11. The van der Waals surface area contributed by atoms with Crippen molar-refractivity contribution in [3.8, 4) is 5.40 Å². The van der Waals surface area contributed by atoms with Crippen LogP contribution in [0.5, 0.6) is 0 Å². The summed E-state index contributed by atoms with van der Waals surface area (Å²) in [6, 6.07) is 6.90. The first kappa shape index (κ1) is 18.5. The monoisotopic (exact) mass is 424 g/mol. The molecule has 0 unspecified atom stereocenters. The van der Waals surface area contributed by atoms with Crippen LogP contribution in [-0.4, -0.2) is 18.5 Å². The Balaban J connectivity index is 2.33. The SMILES string of the molecule is CCOC(=O)c1sc(NC(=O)c2ccc(Br)cc2)c(SC#N)c1C. The number of hydrogen-bond acceptors (Lipinski definition) is 6. The third-order valence-corrected chi connectivity index (χ3v) is 5.68. The number of carbonyl (C=O) groups excluding carboxylic acids is 2. The predicted octanol–water partition coefficient (Wildman–Crippen LogP) is 4.82. The third-order valence-electron chi connectivity index (χ3n) is 3.03. The lowest BCUT2D eigenvalue weighted by Gasteiger charge is -2.04. The van der Waals surface area contributed by atoms with Crippen molar-refractivity contribution >= 4 is 55.9 Å². The van der Waals surface area contributed by atoms with Crippen LogP contribution in [0.2, 0.25) is 0 Å². The molecule has 5 nitrogen and oxygen atoms in total. The molecular formula is C16H13BrN2O3S2. The lowest BCUT2D eigenvalue weighted by atomic mass is 10.2. The summed E-state index contributed by atoms with van der Waals surface area (Å²) in [6.07, 6.45) is 0. The van der Waals surface area contributed by atoms with E-state index in [2.05, 4.69) is 21.2 Å². The number of thioether (sulfide) groups is 1. The Morgan fingerprint density at radius 1 is 1.38 bits per heavy atom. The summed E-state index contributed by atoms with van der Waals surface area (Å²) >= 11 is 5.34. The molecule has 2 rings (SSSR count). The average Bonchev–Trinajstić information content (AvgIpc) is 2.85. The van der Waals surface area contributed by atoms with Crippen LogP contribution < -0.4 is 5.32 Å². The number of anilines is 1. The average molecular weight is 425 g/mol. The second-order valence-corrected chi connectivity index (χ2v) is 7.32. The fourth-order valence-electron chi connectivity index (χ4n) is 1.92. The summed E-state index contributed by atoms with van der Waals surface area (Å²) in [5.74, 6) is -0.761. The molecule has 1 amide bonds. The molecule has 1 N–H and O–H groups in total. The smallest absolute Gasteiger partial charge is 0.348 e. The molecular weight excluding hydrogens is 412 g/mol. The van der Waals surface area contributed by atoms with Crippen LogP contribution in [-0.2, 0) is 4.74 Å². The number of hydrogen-bond donors (Lipinski definition) is 1. The molecule has 0 saturated heterocycles. The van der Waals surface area contributed by atoms with Gasteiger partial charge in [-0.05, 0) is 55.4 Å². The van der Waals surface area contributed by atoms with E-state index in [1.54, 1.807) is 38.1 Å². The van der Waals surface area contributed by atoms with E-state index < -0.39 is 5.97 Å². The highest BCUT2D eigenvalue weighted by atomic mass is 79.9. The van der Waals surface area contributed by atoms with Crippen molar-refractivity contribution in [1.82, 2.24) is 0 Å². The van der Waals surface area contributed by atoms with Gasteiger partial charge in [0.05, 0.1) is 11.5 Å². The van der Waals surface area contributed by atoms with Gasteiger partial charge in [-0.2, -0.15) is 5.26 Å². The van der Waals surface area contributed by atoms with Gasteiger partial charge in [0.25, 0.3) is 5.91 Å². The first-order valence-corrected chi connectivity index (χ1v) is 9.33. The highest BCUT2D eigenvalue weighted by Crippen LogP contribution is 2.40. The predicted molar refractivity (Wildman–Crippen MR) is 98.6 cm³/mol. The first-order chi connectivity index (χ1) is 11.5. The van der Waals surface area contributed by atoms with E-state index >= 15 is 0 Å². The van der Waals surface area contributed by atoms with E-state index in [1.165, 1.54) is 0 Å². The highest BCUT2D eigenvalue weighted by molar-refractivity contribution is 9.10. The van der Waals surface area contributed by atoms with Gasteiger partial charge in [0.1, 0.15) is 15.3 Å². The minimum atomic E-state index is -0.455. The second kappa shape index (κ2) is 8.33. The molecule has 0 saturated carbocycles. The van der Waals surface area contributed by atoms with Gasteiger partial charge in [0, 0.05) is 10.0 Å². The van der Waals surface area contributed by atoms with Crippen LogP contribution >= 0.6 is 39.0 Å². The number of rotatable bonds is 5. The van der Waals surface area contributed by atoms with Crippen molar-refractivity contribution in [2.24, 2.45) is 0 Å². The molecule has 1 aromatic carbocycles. The molecule has 0 atom stereocenters. The Morgan fingerprint density at radius 3 is 2.62 bits per heavy atom. The molecule has 2 aromatic rings. The van der Waals surface area contributed by atoms with E-state index in [0.29, 0.717) is 25.9 Å². The fourth-order valence-corrected chi connectivity index (χ4v) is 3.98. The summed E-state index contributed by atoms with van der Waals surface area (Å²) in [7, 11) is 0.